The lowest BCUT2D eigenvalue weighted by Crippen LogP contribution is -2.04. The van der Waals surface area contributed by atoms with Gasteiger partial charge in [-0.05, 0) is 25.0 Å². The summed E-state index contributed by atoms with van der Waals surface area (Å²) in [6.07, 6.45) is 3.79. The SMILES string of the molecule is [CH]1CCc2ncccc2O1. The Labute approximate surface area is 59.9 Å². The van der Waals surface area contributed by atoms with Crippen molar-refractivity contribution < 1.29 is 4.74 Å². The van der Waals surface area contributed by atoms with Crippen LogP contribution in [0.1, 0.15) is 12.1 Å². The zero-order chi connectivity index (χ0) is 6.81. The highest BCUT2D eigenvalue weighted by atomic mass is 16.5. The molecule has 0 unspecified atom stereocenters. The average molecular weight is 134 g/mol. The minimum absolute atomic E-state index is 0.911. The summed E-state index contributed by atoms with van der Waals surface area (Å²) < 4.78 is 5.24. The summed E-state index contributed by atoms with van der Waals surface area (Å²) >= 11 is 0. The van der Waals surface area contributed by atoms with Crippen LogP contribution in [0.25, 0.3) is 0 Å². The fraction of sp³-hybridized carbons (Fsp3) is 0.250. The number of aromatic nitrogens is 1. The van der Waals surface area contributed by atoms with Crippen LogP contribution in [0, 0.1) is 6.61 Å². The number of fused-ring (bicyclic) bond motifs is 1. The number of rotatable bonds is 0. The lowest BCUT2D eigenvalue weighted by molar-refractivity contribution is 0.362. The molecule has 0 fully saturated rings. The van der Waals surface area contributed by atoms with Gasteiger partial charge in [0.2, 0.25) is 0 Å². The smallest absolute Gasteiger partial charge is 0.141 e. The minimum Gasteiger partial charge on any atom is -0.485 e. The Morgan fingerprint density at radius 2 is 2.50 bits per heavy atom. The van der Waals surface area contributed by atoms with Gasteiger partial charge in [0.1, 0.15) is 12.4 Å². The highest BCUT2D eigenvalue weighted by molar-refractivity contribution is 5.29. The molecule has 1 aromatic rings. The van der Waals surface area contributed by atoms with Gasteiger partial charge in [0.15, 0.2) is 0 Å². The molecule has 0 saturated carbocycles. The standard InChI is InChI=1S/C8H8NO/c1-4-8-7(9-5-1)3-2-6-10-8/h1,4-6H,2-3H2. The van der Waals surface area contributed by atoms with Gasteiger partial charge in [-0.15, -0.1) is 0 Å². The molecule has 2 rings (SSSR count). The molecular weight excluding hydrogens is 126 g/mol. The van der Waals surface area contributed by atoms with Crippen molar-refractivity contribution >= 4 is 0 Å². The van der Waals surface area contributed by atoms with Crippen LogP contribution in [0.3, 0.4) is 0 Å². The molecule has 2 heterocycles. The molecule has 2 heteroatoms. The Morgan fingerprint density at radius 1 is 1.50 bits per heavy atom. The number of aryl methyl sites for hydroxylation is 1. The number of hydrogen-bond acceptors (Lipinski definition) is 2. The van der Waals surface area contributed by atoms with Crippen molar-refractivity contribution in [3.63, 3.8) is 0 Å². The summed E-state index contributed by atoms with van der Waals surface area (Å²) in [6.45, 7) is 1.82. The lowest BCUT2D eigenvalue weighted by Gasteiger charge is -2.13. The molecule has 0 saturated heterocycles. The van der Waals surface area contributed by atoms with Crippen LogP contribution in [0.2, 0.25) is 0 Å². The maximum absolute atomic E-state index is 5.24. The first-order valence-corrected chi connectivity index (χ1v) is 3.39. The summed E-state index contributed by atoms with van der Waals surface area (Å²) in [5, 5.41) is 0. The molecule has 0 amide bonds. The molecule has 0 atom stereocenters. The van der Waals surface area contributed by atoms with Crippen LogP contribution >= 0.6 is 0 Å². The molecule has 10 heavy (non-hydrogen) atoms. The third kappa shape index (κ3) is 0.856. The van der Waals surface area contributed by atoms with Gasteiger partial charge in [-0.2, -0.15) is 0 Å². The van der Waals surface area contributed by atoms with Crippen LogP contribution < -0.4 is 4.74 Å². The summed E-state index contributed by atoms with van der Waals surface area (Å²) in [7, 11) is 0. The summed E-state index contributed by atoms with van der Waals surface area (Å²) in [5.41, 5.74) is 1.07. The van der Waals surface area contributed by atoms with E-state index in [1.165, 1.54) is 0 Å². The van der Waals surface area contributed by atoms with Crippen LogP contribution in [0.4, 0.5) is 0 Å². The molecule has 1 radical (unpaired) electrons. The molecular formula is C8H8NO. The molecule has 1 aliphatic heterocycles. The van der Waals surface area contributed by atoms with Crippen molar-refractivity contribution in [3.8, 4) is 5.75 Å². The molecule has 0 aromatic carbocycles. The minimum atomic E-state index is 0.911. The second-order valence-electron chi connectivity index (χ2n) is 2.27. The first-order valence-electron chi connectivity index (χ1n) is 3.39. The largest absolute Gasteiger partial charge is 0.485 e. The van der Waals surface area contributed by atoms with Gasteiger partial charge in [0, 0.05) is 6.20 Å². The van der Waals surface area contributed by atoms with Crippen molar-refractivity contribution in [2.45, 2.75) is 12.8 Å². The van der Waals surface area contributed by atoms with Gasteiger partial charge in [0.25, 0.3) is 0 Å². The molecule has 51 valence electrons. The fourth-order valence-corrected chi connectivity index (χ4v) is 1.06. The Morgan fingerprint density at radius 3 is 3.40 bits per heavy atom. The average Bonchev–Trinajstić information content (AvgIpc) is 2.05. The monoisotopic (exact) mass is 134 g/mol. The van der Waals surface area contributed by atoms with Crippen molar-refractivity contribution in [1.82, 2.24) is 4.98 Å². The third-order valence-electron chi connectivity index (χ3n) is 1.56. The zero-order valence-corrected chi connectivity index (χ0v) is 5.58. The number of ether oxygens (including phenoxy) is 1. The number of pyridine rings is 1. The van der Waals surface area contributed by atoms with Crippen molar-refractivity contribution in [1.29, 1.82) is 0 Å². The van der Waals surface area contributed by atoms with Gasteiger partial charge in [0.05, 0.1) is 5.69 Å². The lowest BCUT2D eigenvalue weighted by atomic mass is 10.2. The highest BCUT2D eigenvalue weighted by Crippen LogP contribution is 2.22. The van der Waals surface area contributed by atoms with E-state index in [1.807, 2.05) is 18.7 Å². The van der Waals surface area contributed by atoms with Crippen molar-refractivity contribution in [3.05, 3.63) is 30.6 Å². The first-order chi connectivity index (χ1) is 4.97. The van der Waals surface area contributed by atoms with Crippen molar-refractivity contribution in [2.24, 2.45) is 0 Å². The van der Waals surface area contributed by atoms with E-state index in [0.717, 1.165) is 24.3 Å². The van der Waals surface area contributed by atoms with Gasteiger partial charge < -0.3 is 4.74 Å². The fourth-order valence-electron chi connectivity index (χ4n) is 1.06. The Bertz CT molecular complexity index is 209. The highest BCUT2D eigenvalue weighted by Gasteiger charge is 2.09. The molecule has 0 N–H and O–H groups in total. The van der Waals surface area contributed by atoms with Gasteiger partial charge in [-0.1, -0.05) is 0 Å². The Kier molecular flexibility index (Phi) is 1.31. The summed E-state index contributed by atoms with van der Waals surface area (Å²) in [5.74, 6) is 0.911. The predicted octanol–water partition coefficient (Wildman–Crippen LogP) is 1.57. The van der Waals surface area contributed by atoms with E-state index < -0.39 is 0 Å². The molecule has 1 aromatic heterocycles. The molecule has 1 aliphatic rings. The quantitative estimate of drug-likeness (QED) is 0.537. The van der Waals surface area contributed by atoms with E-state index in [9.17, 15) is 0 Å². The van der Waals surface area contributed by atoms with Crippen molar-refractivity contribution in [2.75, 3.05) is 0 Å². The maximum atomic E-state index is 5.24. The van der Waals surface area contributed by atoms with E-state index >= 15 is 0 Å². The van der Waals surface area contributed by atoms with Crippen LogP contribution in [0.15, 0.2) is 18.3 Å². The van der Waals surface area contributed by atoms with Gasteiger partial charge in [-0.3, -0.25) is 4.98 Å². The van der Waals surface area contributed by atoms with Crippen LogP contribution in [-0.2, 0) is 6.42 Å². The van der Waals surface area contributed by atoms with E-state index in [4.69, 9.17) is 4.74 Å². The zero-order valence-electron chi connectivity index (χ0n) is 5.58. The van der Waals surface area contributed by atoms with Gasteiger partial charge in [-0.25, -0.2) is 0 Å². The second-order valence-corrected chi connectivity index (χ2v) is 2.27. The third-order valence-corrected chi connectivity index (χ3v) is 1.56. The Hall–Kier alpha value is -1.05. The normalized spacial score (nSPS) is 15.6. The Balaban J connectivity index is 2.41. The molecule has 0 aliphatic carbocycles. The van der Waals surface area contributed by atoms with E-state index in [-0.39, 0.29) is 0 Å². The topological polar surface area (TPSA) is 22.1 Å². The molecule has 0 bridgehead atoms. The second kappa shape index (κ2) is 2.29. The first kappa shape index (κ1) is 5.71. The van der Waals surface area contributed by atoms with Crippen LogP contribution in [-0.4, -0.2) is 4.98 Å². The van der Waals surface area contributed by atoms with Gasteiger partial charge >= 0.3 is 0 Å². The van der Waals surface area contributed by atoms with E-state index in [0.29, 0.717) is 0 Å². The molecule has 2 nitrogen and oxygen atoms in total. The summed E-state index contributed by atoms with van der Waals surface area (Å²) in [6, 6.07) is 3.83. The number of nitrogens with zero attached hydrogens (tertiary/aromatic N) is 1. The van der Waals surface area contributed by atoms with E-state index in [2.05, 4.69) is 4.98 Å². The maximum Gasteiger partial charge on any atom is 0.141 e. The van der Waals surface area contributed by atoms with E-state index in [1.54, 1.807) is 6.20 Å². The number of hydrogen-bond donors (Lipinski definition) is 0. The summed E-state index contributed by atoms with van der Waals surface area (Å²) in [4.78, 5) is 4.17. The predicted molar refractivity (Wildman–Crippen MR) is 37.5 cm³/mol. The molecule has 0 spiro atoms. The van der Waals surface area contributed by atoms with Crippen LogP contribution in [0.5, 0.6) is 5.75 Å².